The SMILES string of the molecule is CC1CC=CCCCCCCCCCCC1=O. The molecule has 98 valence electrons. The third-order valence-electron chi connectivity index (χ3n) is 3.75. The lowest BCUT2D eigenvalue weighted by Crippen LogP contribution is -2.09. The van der Waals surface area contributed by atoms with Gasteiger partial charge in [0.15, 0.2) is 0 Å². The molecule has 0 heterocycles. The van der Waals surface area contributed by atoms with Gasteiger partial charge in [0.1, 0.15) is 5.78 Å². The van der Waals surface area contributed by atoms with Crippen molar-refractivity contribution in [1.29, 1.82) is 0 Å². The minimum absolute atomic E-state index is 0.233. The summed E-state index contributed by atoms with van der Waals surface area (Å²) in [5.41, 5.74) is 0. The lowest BCUT2D eigenvalue weighted by molar-refractivity contribution is -0.122. The van der Waals surface area contributed by atoms with Gasteiger partial charge in [-0.1, -0.05) is 57.6 Å². The molecular formula is C16H28O. The smallest absolute Gasteiger partial charge is 0.136 e. The summed E-state index contributed by atoms with van der Waals surface area (Å²) in [7, 11) is 0. The van der Waals surface area contributed by atoms with E-state index in [0.717, 1.165) is 19.3 Å². The predicted molar refractivity (Wildman–Crippen MR) is 74.1 cm³/mol. The maximum atomic E-state index is 11.8. The van der Waals surface area contributed by atoms with Crippen LogP contribution in [-0.2, 0) is 4.79 Å². The van der Waals surface area contributed by atoms with E-state index >= 15 is 0 Å². The van der Waals surface area contributed by atoms with Gasteiger partial charge in [-0.3, -0.25) is 4.79 Å². The van der Waals surface area contributed by atoms with E-state index in [1.54, 1.807) is 0 Å². The van der Waals surface area contributed by atoms with Crippen molar-refractivity contribution in [3.8, 4) is 0 Å². The topological polar surface area (TPSA) is 17.1 Å². The largest absolute Gasteiger partial charge is 0.299 e. The molecule has 1 aliphatic carbocycles. The van der Waals surface area contributed by atoms with Crippen molar-refractivity contribution in [2.24, 2.45) is 5.92 Å². The highest BCUT2D eigenvalue weighted by Crippen LogP contribution is 2.15. The summed E-state index contributed by atoms with van der Waals surface area (Å²) in [5.74, 6) is 0.695. The molecule has 1 unspecified atom stereocenters. The lowest BCUT2D eigenvalue weighted by atomic mass is 9.97. The summed E-state index contributed by atoms with van der Waals surface area (Å²) < 4.78 is 0. The monoisotopic (exact) mass is 236 g/mol. The summed E-state index contributed by atoms with van der Waals surface area (Å²) >= 11 is 0. The number of hydrogen-bond acceptors (Lipinski definition) is 1. The molecule has 0 aromatic carbocycles. The number of rotatable bonds is 0. The molecular weight excluding hydrogens is 208 g/mol. The number of carbonyl (C=O) groups excluding carboxylic acids is 1. The standard InChI is InChI=1S/C16H28O/c1-15-13-11-9-7-5-3-2-4-6-8-10-12-14-16(15)17/h9,11,15H,2-8,10,12-14H2,1H3. The Morgan fingerprint density at radius 2 is 1.47 bits per heavy atom. The van der Waals surface area contributed by atoms with E-state index in [-0.39, 0.29) is 5.92 Å². The van der Waals surface area contributed by atoms with E-state index in [0.29, 0.717) is 5.78 Å². The van der Waals surface area contributed by atoms with Crippen molar-refractivity contribution in [1.82, 2.24) is 0 Å². The van der Waals surface area contributed by atoms with Crippen molar-refractivity contribution in [3.63, 3.8) is 0 Å². The first-order chi connectivity index (χ1) is 8.30. The molecule has 0 N–H and O–H groups in total. The Hall–Kier alpha value is -0.590. The molecule has 1 nitrogen and oxygen atoms in total. The second-order valence-electron chi connectivity index (χ2n) is 5.44. The number of carbonyl (C=O) groups is 1. The third kappa shape index (κ3) is 7.36. The van der Waals surface area contributed by atoms with Crippen molar-refractivity contribution in [2.45, 2.75) is 77.6 Å². The molecule has 17 heavy (non-hydrogen) atoms. The summed E-state index contributed by atoms with van der Waals surface area (Å²) in [4.78, 5) is 11.8. The van der Waals surface area contributed by atoms with E-state index in [9.17, 15) is 4.79 Å². The molecule has 1 atom stereocenters. The summed E-state index contributed by atoms with van der Waals surface area (Å²) in [6.45, 7) is 2.07. The normalized spacial score (nSPS) is 26.2. The average Bonchev–Trinajstić information content (AvgIpc) is 2.34. The van der Waals surface area contributed by atoms with Crippen LogP contribution in [0.15, 0.2) is 12.2 Å². The zero-order chi connectivity index (χ0) is 12.3. The number of hydrogen-bond donors (Lipinski definition) is 0. The van der Waals surface area contributed by atoms with Crippen molar-refractivity contribution in [2.75, 3.05) is 0 Å². The molecule has 0 fully saturated rings. The molecule has 1 heteroatoms. The van der Waals surface area contributed by atoms with Crippen LogP contribution in [0.4, 0.5) is 0 Å². The van der Waals surface area contributed by atoms with Crippen molar-refractivity contribution in [3.05, 3.63) is 12.2 Å². The second kappa shape index (κ2) is 9.44. The van der Waals surface area contributed by atoms with Crippen molar-refractivity contribution < 1.29 is 4.79 Å². The van der Waals surface area contributed by atoms with Gasteiger partial charge in [-0.25, -0.2) is 0 Å². The molecule has 0 saturated heterocycles. The number of Topliss-reactive ketones (excluding diaryl/α,β-unsaturated/α-hetero) is 1. The van der Waals surface area contributed by atoms with Gasteiger partial charge >= 0.3 is 0 Å². The Balaban J connectivity index is 2.32. The van der Waals surface area contributed by atoms with Gasteiger partial charge in [0, 0.05) is 12.3 Å². The van der Waals surface area contributed by atoms with Crippen LogP contribution in [0.2, 0.25) is 0 Å². The van der Waals surface area contributed by atoms with E-state index < -0.39 is 0 Å². The molecule has 1 rings (SSSR count). The van der Waals surface area contributed by atoms with Crippen LogP contribution in [0.25, 0.3) is 0 Å². The fourth-order valence-corrected chi connectivity index (χ4v) is 2.42. The fourth-order valence-electron chi connectivity index (χ4n) is 2.42. The van der Waals surface area contributed by atoms with Gasteiger partial charge in [0.2, 0.25) is 0 Å². The minimum atomic E-state index is 0.233. The van der Waals surface area contributed by atoms with Gasteiger partial charge < -0.3 is 0 Å². The van der Waals surface area contributed by atoms with Crippen LogP contribution < -0.4 is 0 Å². The Kier molecular flexibility index (Phi) is 8.04. The van der Waals surface area contributed by atoms with Crippen LogP contribution in [0.5, 0.6) is 0 Å². The van der Waals surface area contributed by atoms with Gasteiger partial charge in [0.05, 0.1) is 0 Å². The first-order valence-electron chi connectivity index (χ1n) is 7.48. The molecule has 0 aromatic heterocycles. The Labute approximate surface area is 107 Å². The second-order valence-corrected chi connectivity index (χ2v) is 5.44. The molecule has 0 bridgehead atoms. The van der Waals surface area contributed by atoms with Crippen LogP contribution in [-0.4, -0.2) is 5.78 Å². The Morgan fingerprint density at radius 1 is 0.882 bits per heavy atom. The number of allylic oxidation sites excluding steroid dienone is 2. The average molecular weight is 236 g/mol. The van der Waals surface area contributed by atoms with E-state index in [1.807, 2.05) is 0 Å². The molecule has 0 amide bonds. The van der Waals surface area contributed by atoms with E-state index in [1.165, 1.54) is 51.4 Å². The highest BCUT2D eigenvalue weighted by Gasteiger charge is 2.10. The van der Waals surface area contributed by atoms with Gasteiger partial charge in [0.25, 0.3) is 0 Å². The highest BCUT2D eigenvalue weighted by atomic mass is 16.1. The first kappa shape index (κ1) is 14.5. The van der Waals surface area contributed by atoms with Crippen LogP contribution in [0, 0.1) is 5.92 Å². The first-order valence-corrected chi connectivity index (χ1v) is 7.48. The maximum absolute atomic E-state index is 11.8. The van der Waals surface area contributed by atoms with Crippen molar-refractivity contribution >= 4 is 5.78 Å². The Morgan fingerprint density at radius 3 is 2.18 bits per heavy atom. The molecule has 1 aliphatic rings. The number of ketones is 1. The summed E-state index contributed by atoms with van der Waals surface area (Å²) in [5, 5.41) is 0. The van der Waals surface area contributed by atoms with Gasteiger partial charge in [-0.2, -0.15) is 0 Å². The Bertz CT molecular complexity index is 230. The van der Waals surface area contributed by atoms with Gasteiger partial charge in [-0.15, -0.1) is 0 Å². The molecule has 0 aromatic rings. The fraction of sp³-hybridized carbons (Fsp3) is 0.812. The molecule has 0 saturated carbocycles. The predicted octanol–water partition coefficient (Wildman–Crippen LogP) is 5.05. The maximum Gasteiger partial charge on any atom is 0.136 e. The zero-order valence-electron chi connectivity index (χ0n) is 11.4. The van der Waals surface area contributed by atoms with E-state index in [2.05, 4.69) is 19.1 Å². The van der Waals surface area contributed by atoms with Crippen LogP contribution in [0.3, 0.4) is 0 Å². The summed E-state index contributed by atoms with van der Waals surface area (Å²) in [6, 6.07) is 0. The molecule has 0 spiro atoms. The molecule has 0 radical (unpaired) electrons. The van der Waals surface area contributed by atoms with Crippen LogP contribution in [0.1, 0.15) is 77.6 Å². The lowest BCUT2D eigenvalue weighted by Gasteiger charge is -2.07. The summed E-state index contributed by atoms with van der Waals surface area (Å²) in [6.07, 6.45) is 17.9. The highest BCUT2D eigenvalue weighted by molar-refractivity contribution is 5.80. The van der Waals surface area contributed by atoms with E-state index in [4.69, 9.17) is 0 Å². The third-order valence-corrected chi connectivity index (χ3v) is 3.75. The zero-order valence-corrected chi connectivity index (χ0v) is 11.4. The van der Waals surface area contributed by atoms with Crippen LogP contribution >= 0.6 is 0 Å². The molecule has 0 aliphatic heterocycles. The minimum Gasteiger partial charge on any atom is -0.299 e. The van der Waals surface area contributed by atoms with Gasteiger partial charge in [-0.05, 0) is 25.7 Å². The quantitative estimate of drug-likeness (QED) is 0.538.